The van der Waals surface area contributed by atoms with Gasteiger partial charge in [0.05, 0.1) is 10.9 Å². The van der Waals surface area contributed by atoms with Crippen LogP contribution in [0, 0.1) is 10.6 Å². The standard InChI is InChI=1S/C10H8BrFN2OS/c1-2-14-9(15)7-5(11)3-4-6(12)8(7)13-10(14)16/h3-4H,2H2,1H3,(H,13,16). The zero-order chi connectivity index (χ0) is 11.9. The summed E-state index contributed by atoms with van der Waals surface area (Å²) in [5.41, 5.74) is -0.137. The van der Waals surface area contributed by atoms with Crippen LogP contribution >= 0.6 is 28.1 Å². The van der Waals surface area contributed by atoms with Gasteiger partial charge in [-0.15, -0.1) is 0 Å². The fraction of sp³-hybridized carbons (Fsp3) is 0.200. The molecule has 0 radical (unpaired) electrons. The third-order valence-corrected chi connectivity index (χ3v) is 3.34. The molecule has 0 saturated carbocycles. The SMILES string of the molecule is CCn1c(=S)[nH]c2c(F)ccc(Br)c2c1=O. The lowest BCUT2D eigenvalue weighted by Crippen LogP contribution is -2.21. The number of aromatic amines is 1. The molecule has 84 valence electrons. The van der Waals surface area contributed by atoms with E-state index in [0.717, 1.165) is 0 Å². The van der Waals surface area contributed by atoms with E-state index in [-0.39, 0.29) is 21.2 Å². The molecule has 1 heterocycles. The maximum atomic E-state index is 13.5. The molecule has 0 saturated heterocycles. The second kappa shape index (κ2) is 4.10. The molecule has 0 spiro atoms. The average molecular weight is 303 g/mol. The van der Waals surface area contributed by atoms with E-state index in [1.807, 2.05) is 6.92 Å². The van der Waals surface area contributed by atoms with Gasteiger partial charge in [0.1, 0.15) is 5.82 Å². The summed E-state index contributed by atoms with van der Waals surface area (Å²) in [5.74, 6) is -0.482. The molecule has 2 aromatic rings. The van der Waals surface area contributed by atoms with Crippen LogP contribution in [0.5, 0.6) is 0 Å². The van der Waals surface area contributed by atoms with Crippen LogP contribution in [-0.4, -0.2) is 9.55 Å². The molecule has 0 unspecified atom stereocenters. The highest BCUT2D eigenvalue weighted by molar-refractivity contribution is 9.10. The largest absolute Gasteiger partial charge is 0.329 e. The molecular formula is C10H8BrFN2OS. The van der Waals surface area contributed by atoms with Crippen LogP contribution in [0.1, 0.15) is 6.92 Å². The minimum Gasteiger partial charge on any atom is -0.329 e. The fourth-order valence-corrected chi connectivity index (χ4v) is 2.39. The normalized spacial score (nSPS) is 10.9. The van der Waals surface area contributed by atoms with Crippen molar-refractivity contribution in [3.05, 3.63) is 37.5 Å². The Hall–Kier alpha value is -1.01. The third-order valence-electron chi connectivity index (χ3n) is 2.36. The van der Waals surface area contributed by atoms with Gasteiger partial charge in [0, 0.05) is 11.0 Å². The number of aromatic nitrogens is 2. The van der Waals surface area contributed by atoms with Gasteiger partial charge >= 0.3 is 0 Å². The molecule has 0 amide bonds. The Kier molecular flexibility index (Phi) is 2.94. The smallest absolute Gasteiger partial charge is 0.263 e. The van der Waals surface area contributed by atoms with Crippen LogP contribution in [0.15, 0.2) is 21.4 Å². The lowest BCUT2D eigenvalue weighted by Gasteiger charge is -2.06. The Morgan fingerprint density at radius 1 is 1.56 bits per heavy atom. The van der Waals surface area contributed by atoms with E-state index in [1.165, 1.54) is 16.7 Å². The van der Waals surface area contributed by atoms with E-state index in [9.17, 15) is 9.18 Å². The Bertz CT molecular complexity index is 677. The van der Waals surface area contributed by atoms with Gasteiger partial charge < -0.3 is 4.98 Å². The van der Waals surface area contributed by atoms with Gasteiger partial charge in [-0.1, -0.05) is 0 Å². The maximum Gasteiger partial charge on any atom is 0.263 e. The summed E-state index contributed by atoms with van der Waals surface area (Å²) in [6.45, 7) is 2.26. The highest BCUT2D eigenvalue weighted by atomic mass is 79.9. The summed E-state index contributed by atoms with van der Waals surface area (Å²) in [7, 11) is 0. The van der Waals surface area contributed by atoms with Crippen molar-refractivity contribution in [1.82, 2.24) is 9.55 Å². The first kappa shape index (κ1) is 11.5. The lowest BCUT2D eigenvalue weighted by molar-refractivity contribution is 0.632. The molecule has 0 aliphatic heterocycles. The molecule has 0 bridgehead atoms. The summed E-state index contributed by atoms with van der Waals surface area (Å²) < 4.78 is 15.7. The predicted octanol–water partition coefficient (Wildman–Crippen LogP) is 2.98. The number of hydrogen-bond donors (Lipinski definition) is 1. The zero-order valence-electron chi connectivity index (χ0n) is 8.38. The number of nitrogens with one attached hydrogen (secondary N) is 1. The number of nitrogens with zero attached hydrogens (tertiary/aromatic N) is 1. The van der Waals surface area contributed by atoms with Crippen LogP contribution in [0.25, 0.3) is 10.9 Å². The minimum atomic E-state index is -0.482. The van der Waals surface area contributed by atoms with Crippen LogP contribution < -0.4 is 5.56 Å². The van der Waals surface area contributed by atoms with Gasteiger partial charge in [-0.25, -0.2) is 4.39 Å². The number of benzene rings is 1. The number of H-pyrrole nitrogens is 1. The molecule has 2 rings (SSSR count). The second-order valence-corrected chi connectivity index (χ2v) is 4.50. The first-order valence-electron chi connectivity index (χ1n) is 4.67. The number of rotatable bonds is 1. The van der Waals surface area contributed by atoms with Gasteiger partial charge in [0.2, 0.25) is 0 Å². The Balaban J connectivity index is 3.11. The van der Waals surface area contributed by atoms with Crippen molar-refractivity contribution in [2.45, 2.75) is 13.5 Å². The van der Waals surface area contributed by atoms with Crippen molar-refractivity contribution in [2.24, 2.45) is 0 Å². The molecular weight excluding hydrogens is 295 g/mol. The number of halogens is 2. The first-order valence-corrected chi connectivity index (χ1v) is 5.87. The zero-order valence-corrected chi connectivity index (χ0v) is 10.8. The Morgan fingerprint density at radius 3 is 2.88 bits per heavy atom. The number of hydrogen-bond acceptors (Lipinski definition) is 2. The van der Waals surface area contributed by atoms with E-state index in [0.29, 0.717) is 11.0 Å². The molecule has 0 aliphatic rings. The van der Waals surface area contributed by atoms with Crippen molar-refractivity contribution >= 4 is 39.1 Å². The van der Waals surface area contributed by atoms with Crippen LogP contribution in [0.3, 0.4) is 0 Å². The molecule has 1 N–H and O–H groups in total. The number of fused-ring (bicyclic) bond motifs is 1. The van der Waals surface area contributed by atoms with E-state index in [1.54, 1.807) is 0 Å². The summed E-state index contributed by atoms with van der Waals surface area (Å²) >= 11 is 8.23. The summed E-state index contributed by atoms with van der Waals surface area (Å²) in [4.78, 5) is 14.8. The molecule has 0 fully saturated rings. The van der Waals surface area contributed by atoms with E-state index in [4.69, 9.17) is 12.2 Å². The van der Waals surface area contributed by atoms with E-state index < -0.39 is 5.82 Å². The van der Waals surface area contributed by atoms with Gasteiger partial charge in [0.15, 0.2) is 4.77 Å². The molecule has 6 heteroatoms. The summed E-state index contributed by atoms with van der Waals surface area (Å²) in [6, 6.07) is 2.80. The predicted molar refractivity (Wildman–Crippen MR) is 66.7 cm³/mol. The molecule has 0 aliphatic carbocycles. The van der Waals surface area contributed by atoms with Crippen LogP contribution in [-0.2, 0) is 6.54 Å². The minimum absolute atomic E-state index is 0.147. The van der Waals surface area contributed by atoms with Crippen molar-refractivity contribution in [2.75, 3.05) is 0 Å². The quantitative estimate of drug-likeness (QED) is 0.822. The second-order valence-electron chi connectivity index (χ2n) is 3.26. The van der Waals surface area contributed by atoms with Crippen LogP contribution in [0.2, 0.25) is 0 Å². The molecule has 1 aromatic carbocycles. The van der Waals surface area contributed by atoms with E-state index in [2.05, 4.69) is 20.9 Å². The Morgan fingerprint density at radius 2 is 2.25 bits per heavy atom. The highest BCUT2D eigenvalue weighted by Gasteiger charge is 2.11. The van der Waals surface area contributed by atoms with Crippen molar-refractivity contribution < 1.29 is 4.39 Å². The first-order chi connectivity index (χ1) is 7.56. The highest BCUT2D eigenvalue weighted by Crippen LogP contribution is 2.21. The molecule has 16 heavy (non-hydrogen) atoms. The van der Waals surface area contributed by atoms with Gasteiger partial charge in [-0.05, 0) is 47.2 Å². The van der Waals surface area contributed by atoms with Gasteiger partial charge in [0.25, 0.3) is 5.56 Å². The van der Waals surface area contributed by atoms with Crippen molar-refractivity contribution in [3.63, 3.8) is 0 Å². The third kappa shape index (κ3) is 1.62. The van der Waals surface area contributed by atoms with Gasteiger partial charge in [-0.2, -0.15) is 0 Å². The monoisotopic (exact) mass is 302 g/mol. The molecule has 3 nitrogen and oxygen atoms in total. The summed E-state index contributed by atoms with van der Waals surface area (Å²) in [6.07, 6.45) is 0. The van der Waals surface area contributed by atoms with E-state index >= 15 is 0 Å². The Labute approximate surface area is 104 Å². The average Bonchev–Trinajstić information content (AvgIpc) is 2.24. The van der Waals surface area contributed by atoms with Gasteiger partial charge in [-0.3, -0.25) is 9.36 Å². The van der Waals surface area contributed by atoms with Crippen molar-refractivity contribution in [1.29, 1.82) is 0 Å². The molecule has 1 aromatic heterocycles. The van der Waals surface area contributed by atoms with Crippen LogP contribution in [0.4, 0.5) is 4.39 Å². The topological polar surface area (TPSA) is 37.8 Å². The van der Waals surface area contributed by atoms with Crippen molar-refractivity contribution in [3.8, 4) is 0 Å². The lowest BCUT2D eigenvalue weighted by atomic mass is 10.2. The maximum absolute atomic E-state index is 13.5. The summed E-state index contributed by atoms with van der Waals surface area (Å²) in [5, 5.41) is 0.287. The fourth-order valence-electron chi connectivity index (χ4n) is 1.57. The molecule has 0 atom stereocenters.